The molecule has 0 atom stereocenters. The smallest absolute Gasteiger partial charge is 0.330 e. The lowest BCUT2D eigenvalue weighted by Gasteiger charge is -2.19. The first-order valence-corrected chi connectivity index (χ1v) is 10.1. The molecule has 0 radical (unpaired) electrons. The van der Waals surface area contributed by atoms with Gasteiger partial charge >= 0.3 is 10.2 Å². The molecular formula is C20H20N2O5S. The number of hydrogen-bond donors (Lipinski definition) is 2. The van der Waals surface area contributed by atoms with E-state index < -0.39 is 16.1 Å². The fourth-order valence-electron chi connectivity index (χ4n) is 2.56. The van der Waals surface area contributed by atoms with Crippen LogP contribution in [0.1, 0.15) is 24.5 Å². The predicted octanol–water partition coefficient (Wildman–Crippen LogP) is 3.27. The van der Waals surface area contributed by atoms with Crippen LogP contribution in [0.2, 0.25) is 0 Å². The number of aliphatic hydroxyl groups excluding tert-OH is 1. The lowest BCUT2D eigenvalue weighted by molar-refractivity contribution is -0.114. The molecule has 0 aliphatic carbocycles. The highest BCUT2D eigenvalue weighted by atomic mass is 32.2. The van der Waals surface area contributed by atoms with Gasteiger partial charge in [0.25, 0.3) is 0 Å². The normalized spacial score (nSPS) is 15.3. The zero-order chi connectivity index (χ0) is 20.1. The number of nitrogens with one attached hydrogen (secondary N) is 1. The molecule has 1 heterocycles. The Morgan fingerprint density at radius 2 is 1.96 bits per heavy atom. The molecule has 0 bridgehead atoms. The van der Waals surface area contributed by atoms with Gasteiger partial charge in [0.15, 0.2) is 5.78 Å². The fourth-order valence-corrected chi connectivity index (χ4v) is 3.63. The Balaban J connectivity index is 1.96. The number of hydrogen-bond acceptors (Lipinski definition) is 5. The first kappa shape index (κ1) is 19.5. The number of carbonyl (C=O) groups is 1. The number of ether oxygens (including phenoxy) is 1. The number of allylic oxidation sites excluding steroid dienone is 1. The molecule has 0 saturated carbocycles. The summed E-state index contributed by atoms with van der Waals surface area (Å²) in [5.74, 6) is -0.201. The number of nitrogens with zero attached hydrogens (tertiary/aromatic N) is 1. The number of anilines is 1. The lowest BCUT2D eigenvalue weighted by atomic mass is 10.1. The minimum absolute atomic E-state index is 0.0185. The molecule has 1 aliphatic heterocycles. The first-order chi connectivity index (χ1) is 13.4. The second-order valence-electron chi connectivity index (χ2n) is 6.07. The Bertz CT molecular complexity index is 1030. The van der Waals surface area contributed by atoms with E-state index >= 15 is 0 Å². The molecule has 0 saturated heterocycles. The highest BCUT2D eigenvalue weighted by Gasteiger charge is 2.31. The van der Waals surface area contributed by atoms with E-state index in [4.69, 9.17) is 4.74 Å². The van der Waals surface area contributed by atoms with Crippen molar-refractivity contribution in [2.45, 2.75) is 20.0 Å². The topological polar surface area (TPSA) is 95.9 Å². The molecule has 8 heteroatoms. The Kier molecular flexibility index (Phi) is 5.70. The molecule has 7 nitrogen and oxygen atoms in total. The molecule has 0 aromatic heterocycles. The Morgan fingerprint density at radius 1 is 1.21 bits per heavy atom. The van der Waals surface area contributed by atoms with E-state index in [1.165, 1.54) is 6.08 Å². The zero-order valence-electron chi connectivity index (χ0n) is 15.2. The maximum atomic E-state index is 12.2. The predicted molar refractivity (Wildman–Crippen MR) is 107 cm³/mol. The maximum Gasteiger partial charge on any atom is 0.330 e. The van der Waals surface area contributed by atoms with Crippen LogP contribution in [-0.2, 0) is 21.6 Å². The van der Waals surface area contributed by atoms with Crippen LogP contribution in [-0.4, -0.2) is 19.3 Å². The second kappa shape index (κ2) is 8.18. The van der Waals surface area contributed by atoms with Crippen LogP contribution >= 0.6 is 0 Å². The standard InChI is InChI=1S/C20H20N2O5S/c1-2-17(23)10-8-15-9-11-18(22-13-20(24)21-28(22,25)26)19(12-15)27-14-16-6-4-3-5-7-16/h3-13,21,24H,2,14H2,1H3. The number of rotatable bonds is 7. The van der Waals surface area contributed by atoms with Crippen molar-refractivity contribution in [1.82, 2.24) is 4.72 Å². The molecule has 2 N–H and O–H groups in total. The van der Waals surface area contributed by atoms with Crippen molar-refractivity contribution < 1.29 is 23.1 Å². The number of aliphatic hydroxyl groups is 1. The largest absolute Gasteiger partial charge is 0.493 e. The average molecular weight is 400 g/mol. The van der Waals surface area contributed by atoms with Crippen molar-refractivity contribution in [3.8, 4) is 5.75 Å². The Morgan fingerprint density at radius 3 is 2.61 bits per heavy atom. The van der Waals surface area contributed by atoms with E-state index in [0.717, 1.165) is 16.1 Å². The summed E-state index contributed by atoms with van der Waals surface area (Å²) in [6, 6.07) is 14.3. The van der Waals surface area contributed by atoms with E-state index in [1.807, 2.05) is 35.1 Å². The molecule has 0 unspecified atom stereocenters. The van der Waals surface area contributed by atoms with Crippen LogP contribution in [0.3, 0.4) is 0 Å². The number of benzene rings is 2. The summed E-state index contributed by atoms with van der Waals surface area (Å²) < 4.78 is 33.2. The van der Waals surface area contributed by atoms with Gasteiger partial charge in [-0.25, -0.2) is 9.03 Å². The molecule has 28 heavy (non-hydrogen) atoms. The van der Waals surface area contributed by atoms with Crippen LogP contribution < -0.4 is 13.8 Å². The van der Waals surface area contributed by atoms with Gasteiger partial charge in [-0.05, 0) is 29.3 Å². The quantitative estimate of drug-likeness (QED) is 0.696. The Hall–Kier alpha value is -3.26. The molecule has 0 spiro atoms. The summed E-state index contributed by atoms with van der Waals surface area (Å²) in [6.07, 6.45) is 4.58. The number of ketones is 1. The van der Waals surface area contributed by atoms with Crippen molar-refractivity contribution in [2.24, 2.45) is 0 Å². The molecule has 0 fully saturated rings. The minimum Gasteiger partial charge on any atom is -0.493 e. The highest BCUT2D eigenvalue weighted by molar-refractivity contribution is 7.91. The van der Waals surface area contributed by atoms with Gasteiger partial charge in [-0.2, -0.15) is 8.42 Å². The van der Waals surface area contributed by atoms with Gasteiger partial charge in [-0.1, -0.05) is 49.4 Å². The van der Waals surface area contributed by atoms with Crippen molar-refractivity contribution in [3.63, 3.8) is 0 Å². The summed E-state index contributed by atoms with van der Waals surface area (Å²) >= 11 is 0. The molecular weight excluding hydrogens is 380 g/mol. The monoisotopic (exact) mass is 400 g/mol. The highest BCUT2D eigenvalue weighted by Crippen LogP contribution is 2.34. The van der Waals surface area contributed by atoms with Gasteiger partial charge in [0.05, 0.1) is 6.20 Å². The van der Waals surface area contributed by atoms with Crippen molar-refractivity contribution in [3.05, 3.63) is 77.8 Å². The van der Waals surface area contributed by atoms with Gasteiger partial charge < -0.3 is 9.84 Å². The molecule has 146 valence electrons. The fraction of sp³-hybridized carbons (Fsp3) is 0.150. The van der Waals surface area contributed by atoms with Gasteiger partial charge in [0, 0.05) is 6.42 Å². The van der Waals surface area contributed by atoms with Gasteiger partial charge in [0.2, 0.25) is 5.88 Å². The molecule has 2 aromatic carbocycles. The van der Waals surface area contributed by atoms with E-state index in [9.17, 15) is 18.3 Å². The van der Waals surface area contributed by atoms with Crippen LogP contribution in [0.5, 0.6) is 5.75 Å². The molecule has 1 aliphatic rings. The van der Waals surface area contributed by atoms with Gasteiger partial charge in [0.1, 0.15) is 18.0 Å². The summed E-state index contributed by atoms with van der Waals surface area (Å²) in [6.45, 7) is 2.00. The average Bonchev–Trinajstić information content (AvgIpc) is 2.97. The summed E-state index contributed by atoms with van der Waals surface area (Å²) in [4.78, 5) is 11.5. The number of carbonyl (C=O) groups excluding carboxylic acids is 1. The van der Waals surface area contributed by atoms with Crippen LogP contribution in [0.25, 0.3) is 6.08 Å². The van der Waals surface area contributed by atoms with Crippen molar-refractivity contribution >= 4 is 27.8 Å². The van der Waals surface area contributed by atoms with Crippen LogP contribution in [0.4, 0.5) is 5.69 Å². The SMILES string of the molecule is CCC(=O)C=Cc1ccc(N2C=C(O)NS2(=O)=O)c(OCc2ccccc2)c1. The van der Waals surface area contributed by atoms with Gasteiger partial charge in [-0.15, -0.1) is 0 Å². The van der Waals surface area contributed by atoms with E-state index in [1.54, 1.807) is 31.2 Å². The third kappa shape index (κ3) is 4.52. The zero-order valence-corrected chi connectivity index (χ0v) is 16.0. The summed E-state index contributed by atoms with van der Waals surface area (Å²) in [7, 11) is -3.95. The second-order valence-corrected chi connectivity index (χ2v) is 7.62. The first-order valence-electron chi connectivity index (χ1n) is 8.63. The lowest BCUT2D eigenvalue weighted by Crippen LogP contribution is -2.29. The summed E-state index contributed by atoms with van der Waals surface area (Å²) in [5, 5.41) is 9.56. The third-order valence-electron chi connectivity index (χ3n) is 4.00. The Labute approximate surface area is 163 Å². The molecule has 3 rings (SSSR count). The van der Waals surface area contributed by atoms with Crippen molar-refractivity contribution in [1.29, 1.82) is 0 Å². The third-order valence-corrected chi connectivity index (χ3v) is 5.29. The molecule has 2 aromatic rings. The minimum atomic E-state index is -3.95. The maximum absolute atomic E-state index is 12.2. The van der Waals surface area contributed by atoms with Gasteiger partial charge in [-0.3, -0.25) is 4.79 Å². The van der Waals surface area contributed by atoms with E-state index in [2.05, 4.69) is 0 Å². The van der Waals surface area contributed by atoms with Crippen LogP contribution in [0, 0.1) is 0 Å². The van der Waals surface area contributed by atoms with Crippen LogP contribution in [0.15, 0.2) is 66.7 Å². The van der Waals surface area contributed by atoms with Crippen molar-refractivity contribution in [2.75, 3.05) is 4.31 Å². The van der Waals surface area contributed by atoms with E-state index in [0.29, 0.717) is 17.7 Å². The van der Waals surface area contributed by atoms with E-state index in [-0.39, 0.29) is 18.1 Å². The summed E-state index contributed by atoms with van der Waals surface area (Å²) in [5.41, 5.74) is 1.84. The molecule has 0 amide bonds.